The van der Waals surface area contributed by atoms with Crippen LogP contribution in [0.5, 0.6) is 17.2 Å². The number of carbonyl (C=O) groups is 1. The molecule has 0 aromatic heterocycles. The van der Waals surface area contributed by atoms with Crippen LogP contribution >= 0.6 is 0 Å². The highest BCUT2D eigenvalue weighted by Gasteiger charge is 2.25. The van der Waals surface area contributed by atoms with Gasteiger partial charge in [0.05, 0.1) is 18.2 Å². The highest BCUT2D eigenvalue weighted by molar-refractivity contribution is 6.09. The minimum atomic E-state index is -0.435. The van der Waals surface area contributed by atoms with E-state index in [2.05, 4.69) is 0 Å². The Bertz CT molecular complexity index is 920. The summed E-state index contributed by atoms with van der Waals surface area (Å²) in [6.07, 6.45) is 6.80. The molecule has 1 aliphatic heterocycles. The van der Waals surface area contributed by atoms with Crippen LogP contribution in [0.25, 0.3) is 12.2 Å². The van der Waals surface area contributed by atoms with Crippen molar-refractivity contribution in [2.24, 2.45) is 0 Å². The first-order chi connectivity index (χ1) is 12.3. The van der Waals surface area contributed by atoms with Crippen LogP contribution in [0.2, 0.25) is 0 Å². The number of aryl methyl sites for hydroxylation is 1. The maximum absolute atomic E-state index is 12.5. The van der Waals surface area contributed by atoms with E-state index in [1.807, 2.05) is 45.0 Å². The smallest absolute Gasteiger partial charge is 0.189 e. The Morgan fingerprint density at radius 3 is 2.73 bits per heavy atom. The Hall–Kier alpha value is -3.01. The summed E-state index contributed by atoms with van der Waals surface area (Å²) >= 11 is 0. The van der Waals surface area contributed by atoms with Gasteiger partial charge in [0.2, 0.25) is 0 Å². The molecule has 26 heavy (non-hydrogen) atoms. The molecule has 0 amide bonds. The lowest BCUT2D eigenvalue weighted by Crippen LogP contribution is -2.27. The molecule has 1 aliphatic rings. The maximum atomic E-state index is 12.5. The molecule has 1 N–H and O–H groups in total. The lowest BCUT2D eigenvalue weighted by molar-refractivity contribution is 0.104. The van der Waals surface area contributed by atoms with Gasteiger partial charge >= 0.3 is 0 Å². The number of benzene rings is 2. The summed E-state index contributed by atoms with van der Waals surface area (Å²) < 4.78 is 11.1. The van der Waals surface area contributed by atoms with Gasteiger partial charge in [-0.15, -0.1) is 0 Å². The van der Waals surface area contributed by atoms with E-state index < -0.39 is 5.60 Å². The molecule has 0 radical (unpaired) electrons. The van der Waals surface area contributed by atoms with Gasteiger partial charge in [-0.25, -0.2) is 0 Å². The number of ether oxygens (including phenoxy) is 2. The predicted molar refractivity (Wildman–Crippen MR) is 103 cm³/mol. The van der Waals surface area contributed by atoms with E-state index in [1.165, 1.54) is 6.08 Å². The predicted octanol–water partition coefficient (Wildman–Crippen LogP) is 4.79. The molecule has 0 bridgehead atoms. The molecule has 0 aliphatic carbocycles. The molecule has 4 nitrogen and oxygen atoms in total. The molecule has 3 rings (SSSR count). The normalized spacial score (nSPS) is 14.8. The van der Waals surface area contributed by atoms with Crippen LogP contribution in [-0.4, -0.2) is 23.6 Å². The van der Waals surface area contributed by atoms with Gasteiger partial charge in [0.25, 0.3) is 0 Å². The molecule has 0 atom stereocenters. The molecule has 0 spiro atoms. The van der Waals surface area contributed by atoms with Gasteiger partial charge in [-0.05, 0) is 68.3 Å². The molecular weight excluding hydrogens is 328 g/mol. The van der Waals surface area contributed by atoms with E-state index in [4.69, 9.17) is 9.47 Å². The Morgan fingerprint density at radius 2 is 2.00 bits per heavy atom. The third-order valence-corrected chi connectivity index (χ3v) is 4.33. The fraction of sp³-hybridized carbons (Fsp3) is 0.227. The average Bonchev–Trinajstić information content (AvgIpc) is 2.60. The molecule has 4 heteroatoms. The third kappa shape index (κ3) is 3.49. The summed E-state index contributed by atoms with van der Waals surface area (Å²) in [6.45, 7) is 5.82. The monoisotopic (exact) mass is 350 g/mol. The van der Waals surface area contributed by atoms with Crippen LogP contribution in [0.4, 0.5) is 0 Å². The summed E-state index contributed by atoms with van der Waals surface area (Å²) in [5.74, 6) is 0.994. The lowest BCUT2D eigenvalue weighted by atomic mass is 9.98. The van der Waals surface area contributed by atoms with Crippen molar-refractivity contribution in [3.63, 3.8) is 0 Å². The van der Waals surface area contributed by atoms with E-state index in [0.717, 1.165) is 16.9 Å². The van der Waals surface area contributed by atoms with Crippen molar-refractivity contribution in [1.29, 1.82) is 0 Å². The molecule has 2 aromatic carbocycles. The van der Waals surface area contributed by atoms with E-state index in [9.17, 15) is 9.90 Å². The zero-order chi connectivity index (χ0) is 18.9. The summed E-state index contributed by atoms with van der Waals surface area (Å²) in [5, 5.41) is 10.5. The van der Waals surface area contributed by atoms with Gasteiger partial charge in [-0.3, -0.25) is 4.79 Å². The van der Waals surface area contributed by atoms with E-state index >= 15 is 0 Å². The van der Waals surface area contributed by atoms with Gasteiger partial charge in [0.15, 0.2) is 5.78 Å². The van der Waals surface area contributed by atoms with Crippen molar-refractivity contribution < 1.29 is 19.4 Å². The first kappa shape index (κ1) is 17.8. The summed E-state index contributed by atoms with van der Waals surface area (Å²) in [5.41, 5.74) is 2.21. The fourth-order valence-corrected chi connectivity index (χ4v) is 2.84. The van der Waals surface area contributed by atoms with Crippen LogP contribution in [-0.2, 0) is 0 Å². The topological polar surface area (TPSA) is 55.8 Å². The molecule has 0 saturated carbocycles. The minimum absolute atomic E-state index is 0.0645. The molecule has 1 heterocycles. The summed E-state index contributed by atoms with van der Waals surface area (Å²) in [4.78, 5) is 12.5. The number of aromatic hydroxyl groups is 1. The van der Waals surface area contributed by atoms with Crippen LogP contribution < -0.4 is 9.47 Å². The highest BCUT2D eigenvalue weighted by Crippen LogP contribution is 2.38. The minimum Gasteiger partial charge on any atom is -0.506 e. The molecule has 0 unspecified atom stereocenters. The van der Waals surface area contributed by atoms with Crippen molar-refractivity contribution in [3.05, 3.63) is 64.7 Å². The van der Waals surface area contributed by atoms with Gasteiger partial charge in [0, 0.05) is 0 Å². The van der Waals surface area contributed by atoms with Crippen molar-refractivity contribution in [2.75, 3.05) is 7.11 Å². The number of rotatable bonds is 4. The number of allylic oxidation sites excluding steroid dienone is 1. The van der Waals surface area contributed by atoms with Gasteiger partial charge in [0.1, 0.15) is 22.8 Å². The first-order valence-corrected chi connectivity index (χ1v) is 8.42. The zero-order valence-corrected chi connectivity index (χ0v) is 15.4. The van der Waals surface area contributed by atoms with E-state index in [1.54, 1.807) is 31.4 Å². The van der Waals surface area contributed by atoms with Crippen molar-refractivity contribution in [1.82, 2.24) is 0 Å². The summed E-state index contributed by atoms with van der Waals surface area (Å²) in [6, 6.07) is 9.02. The number of carbonyl (C=O) groups excluding carboxylic acids is 1. The third-order valence-electron chi connectivity index (χ3n) is 4.33. The van der Waals surface area contributed by atoms with Crippen molar-refractivity contribution in [2.45, 2.75) is 26.4 Å². The van der Waals surface area contributed by atoms with Crippen LogP contribution in [0.15, 0.2) is 42.5 Å². The highest BCUT2D eigenvalue weighted by atomic mass is 16.5. The molecule has 0 saturated heterocycles. The largest absolute Gasteiger partial charge is 0.506 e. The standard InChI is InChI=1S/C22H22O4/c1-14-5-6-15(13-20(14)25-4)7-9-18(23)16-8-10-19-17(21(16)24)11-12-22(2,3)26-19/h5-13,24H,1-4H3/b9-7+. The van der Waals surface area contributed by atoms with Crippen LogP contribution in [0, 0.1) is 6.92 Å². The fourth-order valence-electron chi connectivity index (χ4n) is 2.84. The number of hydrogen-bond donors (Lipinski definition) is 1. The summed E-state index contributed by atoms with van der Waals surface area (Å²) in [7, 11) is 1.61. The van der Waals surface area contributed by atoms with Crippen molar-refractivity contribution >= 4 is 17.9 Å². The van der Waals surface area contributed by atoms with Crippen molar-refractivity contribution in [3.8, 4) is 17.2 Å². The van der Waals surface area contributed by atoms with E-state index in [0.29, 0.717) is 11.3 Å². The number of phenols is 1. The van der Waals surface area contributed by atoms with Crippen LogP contribution in [0.3, 0.4) is 0 Å². The second-order valence-electron chi connectivity index (χ2n) is 6.84. The second-order valence-corrected chi connectivity index (χ2v) is 6.84. The Morgan fingerprint density at radius 1 is 1.23 bits per heavy atom. The number of fused-ring (bicyclic) bond motifs is 1. The van der Waals surface area contributed by atoms with Crippen LogP contribution in [0.1, 0.15) is 40.9 Å². The lowest BCUT2D eigenvalue weighted by Gasteiger charge is -2.28. The van der Waals surface area contributed by atoms with E-state index in [-0.39, 0.29) is 17.1 Å². The SMILES string of the molecule is COc1cc(/C=C/C(=O)c2ccc3c(c2O)C=CC(C)(C)O3)ccc1C. The second kappa shape index (κ2) is 6.71. The quantitative estimate of drug-likeness (QED) is 0.636. The van der Waals surface area contributed by atoms with Gasteiger partial charge in [-0.2, -0.15) is 0 Å². The van der Waals surface area contributed by atoms with Gasteiger partial charge in [-0.1, -0.05) is 18.2 Å². The Kier molecular flexibility index (Phi) is 4.60. The molecule has 0 fully saturated rings. The Balaban J connectivity index is 1.87. The molecular formula is C22H22O4. The first-order valence-electron chi connectivity index (χ1n) is 8.42. The maximum Gasteiger partial charge on any atom is 0.189 e. The zero-order valence-electron chi connectivity index (χ0n) is 15.4. The molecule has 2 aromatic rings. The average molecular weight is 350 g/mol. The molecule has 134 valence electrons. The number of ketones is 1. The number of hydrogen-bond acceptors (Lipinski definition) is 4. The van der Waals surface area contributed by atoms with Gasteiger partial charge < -0.3 is 14.6 Å². The number of phenolic OH excluding ortho intramolecular Hbond substituents is 1. The Labute approximate surface area is 153 Å². The number of methoxy groups -OCH3 is 1.